The predicted molar refractivity (Wildman–Crippen MR) is 83.9 cm³/mol. The molecule has 0 aromatic heterocycles. The highest BCUT2D eigenvalue weighted by molar-refractivity contribution is 5.80. The fourth-order valence-corrected chi connectivity index (χ4v) is 3.78. The molecule has 0 aliphatic carbocycles. The van der Waals surface area contributed by atoms with Crippen molar-refractivity contribution in [2.24, 2.45) is 5.92 Å². The summed E-state index contributed by atoms with van der Waals surface area (Å²) in [6, 6.07) is 0.756. The normalized spacial score (nSPS) is 25.0. The zero-order chi connectivity index (χ0) is 14.8. The van der Waals surface area contributed by atoms with Gasteiger partial charge in [0, 0.05) is 37.0 Å². The van der Waals surface area contributed by atoms with Crippen LogP contribution in [0.4, 0.5) is 0 Å². The molecule has 0 aromatic rings. The maximum atomic E-state index is 11.8. The number of carbonyl (C=O) groups is 1. The van der Waals surface area contributed by atoms with Gasteiger partial charge < -0.3 is 4.90 Å². The fraction of sp³-hybridized carbons (Fsp3) is 0.941. The van der Waals surface area contributed by atoms with E-state index in [0.717, 1.165) is 32.0 Å². The lowest BCUT2D eigenvalue weighted by atomic mass is 9.89. The zero-order valence-corrected chi connectivity index (χ0v) is 13.8. The summed E-state index contributed by atoms with van der Waals surface area (Å²) in [6.45, 7) is 13.7. The van der Waals surface area contributed by atoms with E-state index < -0.39 is 0 Å². The van der Waals surface area contributed by atoms with E-state index in [1.165, 1.54) is 25.9 Å². The largest absolute Gasteiger partial charge is 0.300 e. The summed E-state index contributed by atoms with van der Waals surface area (Å²) in [5.41, 5.74) is 0.311. The number of hydrogen-bond acceptors (Lipinski definition) is 3. The molecular formula is C17H32N2O. The molecule has 0 amide bonds. The van der Waals surface area contributed by atoms with Crippen LogP contribution in [0.5, 0.6) is 0 Å². The van der Waals surface area contributed by atoms with Gasteiger partial charge in [-0.15, -0.1) is 0 Å². The monoisotopic (exact) mass is 280 g/mol. The highest BCUT2D eigenvalue weighted by atomic mass is 16.1. The summed E-state index contributed by atoms with van der Waals surface area (Å²) >= 11 is 0. The maximum absolute atomic E-state index is 11.8. The van der Waals surface area contributed by atoms with Crippen LogP contribution in [0.2, 0.25) is 0 Å². The van der Waals surface area contributed by atoms with Gasteiger partial charge in [-0.3, -0.25) is 9.69 Å². The van der Waals surface area contributed by atoms with Crippen LogP contribution in [0.25, 0.3) is 0 Å². The van der Waals surface area contributed by atoms with Crippen molar-refractivity contribution >= 4 is 5.78 Å². The third-order valence-electron chi connectivity index (χ3n) is 5.26. The molecule has 2 aliphatic heterocycles. The van der Waals surface area contributed by atoms with Crippen molar-refractivity contribution in [3.05, 3.63) is 0 Å². The lowest BCUT2D eigenvalue weighted by Crippen LogP contribution is -2.52. The van der Waals surface area contributed by atoms with Crippen LogP contribution >= 0.6 is 0 Å². The molecule has 2 fully saturated rings. The van der Waals surface area contributed by atoms with Gasteiger partial charge in [-0.1, -0.05) is 6.92 Å². The zero-order valence-electron chi connectivity index (χ0n) is 13.8. The smallest absolute Gasteiger partial charge is 0.135 e. The molecular weight excluding hydrogens is 248 g/mol. The number of carbonyl (C=O) groups excluding carboxylic acids is 1. The minimum absolute atomic E-state index is 0.311. The van der Waals surface area contributed by atoms with Gasteiger partial charge in [0.2, 0.25) is 0 Å². The summed E-state index contributed by atoms with van der Waals surface area (Å²) in [4.78, 5) is 17.0. The highest BCUT2D eigenvalue weighted by Crippen LogP contribution is 2.27. The molecule has 0 atom stereocenters. The molecule has 3 nitrogen and oxygen atoms in total. The Morgan fingerprint density at radius 2 is 1.55 bits per heavy atom. The number of nitrogens with zero attached hydrogens (tertiary/aromatic N) is 2. The predicted octanol–water partition coefficient (Wildman–Crippen LogP) is 2.94. The topological polar surface area (TPSA) is 23.6 Å². The second-order valence-corrected chi connectivity index (χ2v) is 7.52. The third-order valence-corrected chi connectivity index (χ3v) is 5.26. The molecule has 0 aromatic carbocycles. The first kappa shape index (κ1) is 16.0. The van der Waals surface area contributed by atoms with Gasteiger partial charge in [-0.25, -0.2) is 0 Å². The second kappa shape index (κ2) is 6.57. The van der Waals surface area contributed by atoms with Crippen LogP contribution in [-0.4, -0.2) is 53.3 Å². The number of ketones is 1. The van der Waals surface area contributed by atoms with Gasteiger partial charge in [-0.05, 0) is 59.5 Å². The molecule has 0 unspecified atom stereocenters. The van der Waals surface area contributed by atoms with Gasteiger partial charge >= 0.3 is 0 Å². The quantitative estimate of drug-likeness (QED) is 0.794. The SMILES string of the molecule is CCC(=O)C1CCN(C2CCN(C(C)(C)C)CC2)CC1. The van der Waals surface area contributed by atoms with Crippen LogP contribution in [0, 0.1) is 5.92 Å². The number of rotatable bonds is 3. The van der Waals surface area contributed by atoms with Crippen molar-refractivity contribution in [2.45, 2.75) is 71.4 Å². The average molecular weight is 280 g/mol. The molecule has 0 spiro atoms. The summed E-state index contributed by atoms with van der Waals surface area (Å²) in [7, 11) is 0. The van der Waals surface area contributed by atoms with Gasteiger partial charge in [0.15, 0.2) is 0 Å². The van der Waals surface area contributed by atoms with Crippen LogP contribution in [-0.2, 0) is 4.79 Å². The Hall–Kier alpha value is -0.410. The molecule has 2 rings (SSSR count). The van der Waals surface area contributed by atoms with E-state index in [2.05, 4.69) is 30.6 Å². The third kappa shape index (κ3) is 3.82. The lowest BCUT2D eigenvalue weighted by molar-refractivity contribution is -0.124. The van der Waals surface area contributed by atoms with Crippen molar-refractivity contribution in [1.82, 2.24) is 9.80 Å². The van der Waals surface area contributed by atoms with Crippen LogP contribution in [0.1, 0.15) is 59.8 Å². The first-order valence-corrected chi connectivity index (χ1v) is 8.43. The lowest BCUT2D eigenvalue weighted by Gasteiger charge is -2.45. The molecule has 0 saturated carbocycles. The molecule has 20 heavy (non-hydrogen) atoms. The fourth-order valence-electron chi connectivity index (χ4n) is 3.78. The van der Waals surface area contributed by atoms with Crippen molar-refractivity contribution in [3.8, 4) is 0 Å². The standard InChI is InChI=1S/C17H32N2O/c1-5-16(20)14-6-10-18(11-7-14)15-8-12-19(13-9-15)17(2,3)4/h14-15H,5-13H2,1-4H3. The number of likely N-dealkylation sites (tertiary alicyclic amines) is 2. The van der Waals surface area contributed by atoms with Gasteiger partial charge in [0.25, 0.3) is 0 Å². The Morgan fingerprint density at radius 3 is 2.00 bits per heavy atom. The first-order chi connectivity index (χ1) is 9.41. The van der Waals surface area contributed by atoms with Crippen molar-refractivity contribution in [2.75, 3.05) is 26.2 Å². The van der Waals surface area contributed by atoms with E-state index in [1.807, 2.05) is 6.92 Å². The molecule has 3 heteroatoms. The summed E-state index contributed by atoms with van der Waals surface area (Å²) in [5.74, 6) is 0.832. The van der Waals surface area contributed by atoms with Gasteiger partial charge in [0.1, 0.15) is 5.78 Å². The molecule has 0 radical (unpaired) electrons. The van der Waals surface area contributed by atoms with Crippen molar-refractivity contribution < 1.29 is 4.79 Å². The first-order valence-electron chi connectivity index (χ1n) is 8.43. The Morgan fingerprint density at radius 1 is 1.00 bits per heavy atom. The van der Waals surface area contributed by atoms with Gasteiger partial charge in [0.05, 0.1) is 0 Å². The average Bonchev–Trinajstić information content (AvgIpc) is 2.46. The number of Topliss-reactive ketones (excluding diaryl/α,β-unsaturated/α-hetero) is 1. The van der Waals surface area contributed by atoms with E-state index in [1.54, 1.807) is 0 Å². The minimum atomic E-state index is 0.311. The molecule has 2 aliphatic rings. The van der Waals surface area contributed by atoms with E-state index in [9.17, 15) is 4.79 Å². The Labute approximate surface area is 124 Å². The van der Waals surface area contributed by atoms with Crippen LogP contribution in [0.15, 0.2) is 0 Å². The van der Waals surface area contributed by atoms with E-state index in [0.29, 0.717) is 23.7 Å². The molecule has 2 heterocycles. The number of hydrogen-bond donors (Lipinski definition) is 0. The van der Waals surface area contributed by atoms with Crippen molar-refractivity contribution in [3.63, 3.8) is 0 Å². The number of piperidine rings is 2. The van der Waals surface area contributed by atoms with Crippen LogP contribution < -0.4 is 0 Å². The van der Waals surface area contributed by atoms with E-state index >= 15 is 0 Å². The maximum Gasteiger partial charge on any atom is 0.135 e. The van der Waals surface area contributed by atoms with Crippen LogP contribution in [0.3, 0.4) is 0 Å². The molecule has 116 valence electrons. The Bertz CT molecular complexity index is 318. The molecule has 0 N–H and O–H groups in total. The highest BCUT2D eigenvalue weighted by Gasteiger charge is 2.32. The molecule has 2 saturated heterocycles. The second-order valence-electron chi connectivity index (χ2n) is 7.52. The summed E-state index contributed by atoms with van der Waals surface area (Å²) in [6.07, 6.45) is 5.49. The van der Waals surface area contributed by atoms with E-state index in [-0.39, 0.29) is 0 Å². The van der Waals surface area contributed by atoms with Gasteiger partial charge in [-0.2, -0.15) is 0 Å². The van der Waals surface area contributed by atoms with E-state index in [4.69, 9.17) is 0 Å². The molecule has 0 bridgehead atoms. The Kier molecular flexibility index (Phi) is 5.25. The Balaban J connectivity index is 1.77. The summed E-state index contributed by atoms with van der Waals surface area (Å²) in [5, 5.41) is 0. The van der Waals surface area contributed by atoms with Crippen molar-refractivity contribution in [1.29, 1.82) is 0 Å². The minimum Gasteiger partial charge on any atom is -0.300 e. The summed E-state index contributed by atoms with van der Waals surface area (Å²) < 4.78 is 0.